The average Bonchev–Trinajstić information content (AvgIpc) is 2.53. The number of nitrogens with zero attached hydrogens (tertiary/aromatic N) is 2. The summed E-state index contributed by atoms with van der Waals surface area (Å²) >= 11 is 1.55. The molecule has 0 bridgehead atoms. The van der Waals surface area contributed by atoms with Gasteiger partial charge in [-0.15, -0.1) is 0 Å². The molecule has 0 aromatic heterocycles. The van der Waals surface area contributed by atoms with Gasteiger partial charge in [-0.2, -0.15) is 0 Å². The maximum atomic E-state index is 13.4. The van der Waals surface area contributed by atoms with Crippen LogP contribution in [0.1, 0.15) is 44.7 Å². The van der Waals surface area contributed by atoms with E-state index < -0.39 is 6.04 Å². The van der Waals surface area contributed by atoms with Gasteiger partial charge in [0.1, 0.15) is 5.82 Å². The fraction of sp³-hybridized carbons (Fsp3) is 0.421. The number of aliphatic imine (C=N–C) groups is 1. The highest BCUT2D eigenvalue weighted by molar-refractivity contribution is 8.14. The zero-order valence-electron chi connectivity index (χ0n) is 14.2. The molecule has 0 radical (unpaired) electrons. The summed E-state index contributed by atoms with van der Waals surface area (Å²) in [6.45, 7) is 4.13. The van der Waals surface area contributed by atoms with Gasteiger partial charge in [0.15, 0.2) is 11.0 Å². The molecule has 4 rings (SSSR count). The van der Waals surface area contributed by atoms with Crippen molar-refractivity contribution in [2.24, 2.45) is 10.4 Å². The smallest absolute Gasteiger partial charge is 0.230 e. The van der Waals surface area contributed by atoms with Crippen molar-refractivity contribution in [3.8, 4) is 0 Å². The largest absolute Gasteiger partial charge is 0.294 e. The van der Waals surface area contributed by atoms with Crippen LogP contribution >= 0.6 is 11.8 Å². The number of rotatable bonds is 1. The fourth-order valence-electron chi connectivity index (χ4n) is 3.78. The molecule has 0 unspecified atom stereocenters. The van der Waals surface area contributed by atoms with Crippen LogP contribution in [-0.4, -0.2) is 27.5 Å². The normalized spacial score (nSPS) is 25.5. The van der Waals surface area contributed by atoms with Crippen LogP contribution in [0.4, 0.5) is 4.39 Å². The van der Waals surface area contributed by atoms with Gasteiger partial charge in [-0.1, -0.05) is 37.7 Å². The van der Waals surface area contributed by atoms with Crippen LogP contribution in [0.3, 0.4) is 0 Å². The number of ketones is 1. The maximum Gasteiger partial charge on any atom is 0.230 e. The minimum absolute atomic E-state index is 0.0315. The molecule has 1 amide bonds. The number of hydrogen-bond acceptors (Lipinski definition) is 4. The Morgan fingerprint density at radius 3 is 2.64 bits per heavy atom. The second-order valence-electron chi connectivity index (χ2n) is 7.51. The Morgan fingerprint density at radius 2 is 1.92 bits per heavy atom. The lowest BCUT2D eigenvalue weighted by Gasteiger charge is -2.43. The summed E-state index contributed by atoms with van der Waals surface area (Å²) in [4.78, 5) is 31.9. The van der Waals surface area contributed by atoms with Crippen LogP contribution in [0.25, 0.3) is 0 Å². The predicted octanol–water partition coefficient (Wildman–Crippen LogP) is 3.85. The fourth-order valence-corrected chi connectivity index (χ4v) is 4.76. The summed E-state index contributed by atoms with van der Waals surface area (Å²) in [6, 6.07) is 5.58. The molecule has 1 aromatic rings. The Morgan fingerprint density at radius 1 is 1.20 bits per heavy atom. The van der Waals surface area contributed by atoms with Crippen LogP contribution in [-0.2, 0) is 9.59 Å². The third-order valence-corrected chi connectivity index (χ3v) is 5.82. The molecule has 0 saturated carbocycles. The summed E-state index contributed by atoms with van der Waals surface area (Å²) in [5.41, 5.74) is 2.00. The first-order valence-electron chi connectivity index (χ1n) is 8.41. The number of benzene rings is 1. The minimum atomic E-state index is -0.494. The third kappa shape index (κ3) is 2.82. The van der Waals surface area contributed by atoms with Gasteiger partial charge in [0.25, 0.3) is 0 Å². The van der Waals surface area contributed by atoms with Gasteiger partial charge < -0.3 is 0 Å². The van der Waals surface area contributed by atoms with E-state index in [9.17, 15) is 14.0 Å². The number of Topliss-reactive ketones (excluding diaryl/α,β-unsaturated/α-hetero) is 1. The van der Waals surface area contributed by atoms with Gasteiger partial charge in [-0.3, -0.25) is 14.5 Å². The number of amides is 1. The SMILES string of the molecule is CC1(C)CC(=O)C2=C(C1)N=C1SCCC(=O)N1[C@@H]2c1ccc(F)cc1. The van der Waals surface area contributed by atoms with Crippen molar-refractivity contribution in [1.29, 1.82) is 0 Å². The van der Waals surface area contributed by atoms with Gasteiger partial charge in [0.2, 0.25) is 5.91 Å². The summed E-state index contributed by atoms with van der Waals surface area (Å²) < 4.78 is 13.4. The summed E-state index contributed by atoms with van der Waals surface area (Å²) in [5.74, 6) is 0.366. The second-order valence-corrected chi connectivity index (χ2v) is 8.57. The lowest BCUT2D eigenvalue weighted by Crippen LogP contribution is -2.47. The van der Waals surface area contributed by atoms with Crippen molar-refractivity contribution in [3.05, 3.63) is 46.9 Å². The van der Waals surface area contributed by atoms with Crippen molar-refractivity contribution in [2.45, 2.75) is 39.2 Å². The van der Waals surface area contributed by atoms with Crippen LogP contribution in [0.2, 0.25) is 0 Å². The molecule has 1 aliphatic carbocycles. The minimum Gasteiger partial charge on any atom is -0.294 e. The molecule has 4 nitrogen and oxygen atoms in total. The predicted molar refractivity (Wildman–Crippen MR) is 95.5 cm³/mol. The Labute approximate surface area is 150 Å². The van der Waals surface area contributed by atoms with Gasteiger partial charge in [-0.05, 0) is 29.5 Å². The molecule has 2 heterocycles. The first-order chi connectivity index (χ1) is 11.9. The Hall–Kier alpha value is -1.95. The third-order valence-electron chi connectivity index (χ3n) is 4.87. The highest BCUT2D eigenvalue weighted by Gasteiger charge is 2.45. The standard InChI is InChI=1S/C19H19FN2O2S/c1-19(2)9-13-16(14(23)10-19)17(11-3-5-12(20)6-4-11)22-15(24)7-8-25-18(22)21-13/h3-6,17H,7-10H2,1-2H3/t17-/m1/s1. The molecule has 3 aliphatic rings. The molecule has 2 aliphatic heterocycles. The maximum absolute atomic E-state index is 13.4. The van der Waals surface area contributed by atoms with E-state index >= 15 is 0 Å². The summed E-state index contributed by atoms with van der Waals surface area (Å²) in [7, 11) is 0. The van der Waals surface area contributed by atoms with E-state index in [1.807, 2.05) is 0 Å². The highest BCUT2D eigenvalue weighted by Crippen LogP contribution is 2.47. The molecular weight excluding hydrogens is 339 g/mol. The van der Waals surface area contributed by atoms with Gasteiger partial charge >= 0.3 is 0 Å². The van der Waals surface area contributed by atoms with E-state index in [1.165, 1.54) is 12.1 Å². The van der Waals surface area contributed by atoms with E-state index in [0.29, 0.717) is 35.8 Å². The van der Waals surface area contributed by atoms with E-state index in [4.69, 9.17) is 0 Å². The number of carbonyl (C=O) groups excluding carboxylic acids is 2. The first-order valence-corrected chi connectivity index (χ1v) is 9.39. The lowest BCUT2D eigenvalue weighted by atomic mass is 9.73. The highest BCUT2D eigenvalue weighted by atomic mass is 32.2. The van der Waals surface area contributed by atoms with Gasteiger partial charge in [0.05, 0.1) is 11.7 Å². The first kappa shape index (κ1) is 16.5. The van der Waals surface area contributed by atoms with Crippen LogP contribution < -0.4 is 0 Å². The zero-order chi connectivity index (χ0) is 17.8. The topological polar surface area (TPSA) is 49.7 Å². The Balaban J connectivity index is 1.89. The van der Waals surface area contributed by atoms with Gasteiger partial charge in [-0.25, -0.2) is 9.38 Å². The number of thioether (sulfide) groups is 1. The Bertz CT molecular complexity index is 826. The molecule has 1 saturated heterocycles. The van der Waals surface area contributed by atoms with Crippen LogP contribution in [0.15, 0.2) is 40.5 Å². The van der Waals surface area contributed by atoms with Gasteiger partial charge in [0, 0.05) is 24.2 Å². The number of fused-ring (bicyclic) bond motifs is 1. The molecule has 1 fully saturated rings. The molecule has 0 N–H and O–H groups in total. The molecule has 0 spiro atoms. The molecule has 25 heavy (non-hydrogen) atoms. The summed E-state index contributed by atoms with van der Waals surface area (Å²) in [6.07, 6.45) is 1.56. The van der Waals surface area contributed by atoms with E-state index in [1.54, 1.807) is 28.8 Å². The number of halogens is 1. The Kier molecular flexibility index (Phi) is 3.83. The average molecular weight is 358 g/mol. The quantitative estimate of drug-likeness (QED) is 0.766. The lowest BCUT2D eigenvalue weighted by molar-refractivity contribution is -0.128. The number of amidine groups is 1. The van der Waals surface area contributed by atoms with Crippen LogP contribution in [0, 0.1) is 11.2 Å². The molecule has 1 aromatic carbocycles. The van der Waals surface area contributed by atoms with Crippen molar-refractivity contribution in [2.75, 3.05) is 5.75 Å². The van der Waals surface area contributed by atoms with Crippen molar-refractivity contribution in [3.63, 3.8) is 0 Å². The second kappa shape index (κ2) is 5.80. The van der Waals surface area contributed by atoms with E-state index in [0.717, 1.165) is 11.3 Å². The number of carbonyl (C=O) groups is 2. The molecule has 1 atom stereocenters. The number of allylic oxidation sites excluding steroid dienone is 1. The molecule has 6 heteroatoms. The zero-order valence-corrected chi connectivity index (χ0v) is 15.0. The van der Waals surface area contributed by atoms with Crippen molar-refractivity contribution in [1.82, 2.24) is 4.90 Å². The van der Waals surface area contributed by atoms with E-state index in [-0.39, 0.29) is 22.9 Å². The van der Waals surface area contributed by atoms with Crippen molar-refractivity contribution >= 4 is 28.6 Å². The van der Waals surface area contributed by atoms with Crippen molar-refractivity contribution < 1.29 is 14.0 Å². The molecule has 130 valence electrons. The van der Waals surface area contributed by atoms with Crippen LogP contribution in [0.5, 0.6) is 0 Å². The monoisotopic (exact) mass is 358 g/mol. The van der Waals surface area contributed by atoms with E-state index in [2.05, 4.69) is 18.8 Å². The summed E-state index contributed by atoms with van der Waals surface area (Å²) in [5, 5.41) is 0.662. The number of hydrogen-bond donors (Lipinski definition) is 0. The molecular formula is C19H19FN2O2S.